The van der Waals surface area contributed by atoms with E-state index >= 15 is 0 Å². The van der Waals surface area contributed by atoms with Crippen LogP contribution in [0.5, 0.6) is 0 Å². The van der Waals surface area contributed by atoms with Crippen molar-refractivity contribution in [2.24, 2.45) is 0 Å². The summed E-state index contributed by atoms with van der Waals surface area (Å²) in [5, 5.41) is 4.98. The number of halogens is 1. The average molecular weight is 595 g/mol. The molecule has 0 aromatic heterocycles. The molecule has 2 N–H and O–H groups in total. The standard InChI is InChI=1S/C25H27FN4O8S2/c1-15-12-29(13-16(2)38-15)40(36,37)19-6-4-18(5-7-19)27-22(31)14-30-23(32)25(28-24(30)33)9-10-39(34,35)21-8-3-17(26)11-20(21)25/h3-8,11,15-16H,9-10,12-14H2,1-2H3,(H,27,31)(H,28,33)/t15-,16-,25-/m0/s1. The van der Waals surface area contributed by atoms with Crippen LogP contribution in [0.2, 0.25) is 0 Å². The fourth-order valence-electron chi connectivity index (χ4n) is 5.29. The summed E-state index contributed by atoms with van der Waals surface area (Å²) in [6.07, 6.45) is -0.829. The van der Waals surface area contributed by atoms with E-state index in [9.17, 15) is 35.6 Å². The van der Waals surface area contributed by atoms with E-state index in [4.69, 9.17) is 4.74 Å². The Labute approximate surface area is 230 Å². The molecule has 0 bridgehead atoms. The minimum absolute atomic E-state index is 0.0287. The van der Waals surface area contributed by atoms with Gasteiger partial charge in [-0.05, 0) is 62.7 Å². The van der Waals surface area contributed by atoms with Crippen molar-refractivity contribution < 1.29 is 40.3 Å². The molecule has 1 spiro atoms. The Bertz CT molecular complexity index is 1600. The summed E-state index contributed by atoms with van der Waals surface area (Å²) in [5.74, 6) is -2.86. The van der Waals surface area contributed by atoms with Gasteiger partial charge in [-0.25, -0.2) is 26.0 Å². The summed E-state index contributed by atoms with van der Waals surface area (Å²) >= 11 is 0. The number of fused-ring (bicyclic) bond motifs is 2. The molecule has 0 saturated carbocycles. The molecule has 2 aromatic rings. The van der Waals surface area contributed by atoms with Crippen LogP contribution in [0, 0.1) is 5.82 Å². The van der Waals surface area contributed by atoms with Crippen molar-refractivity contribution in [1.29, 1.82) is 0 Å². The third-order valence-electron chi connectivity index (χ3n) is 7.12. The van der Waals surface area contributed by atoms with Crippen LogP contribution in [0.25, 0.3) is 0 Å². The zero-order valence-corrected chi connectivity index (χ0v) is 23.2. The maximum absolute atomic E-state index is 14.1. The Morgan fingerprint density at radius 2 is 1.77 bits per heavy atom. The maximum Gasteiger partial charge on any atom is 0.325 e. The van der Waals surface area contributed by atoms with Crippen LogP contribution in [0.1, 0.15) is 25.8 Å². The minimum Gasteiger partial charge on any atom is -0.373 e. The van der Waals surface area contributed by atoms with Crippen LogP contribution in [-0.4, -0.2) is 81.5 Å². The number of sulfone groups is 1. The Kier molecular flexibility index (Phi) is 6.97. The SMILES string of the molecule is C[C@H]1CN(S(=O)(=O)c2ccc(NC(=O)CN3C(=O)N[C@]4(CCS(=O)(=O)c5ccc(F)cc54)C3=O)cc2)C[C@H](C)O1. The first-order valence-corrected chi connectivity index (χ1v) is 15.5. The van der Waals surface area contributed by atoms with E-state index in [0.717, 1.165) is 18.2 Å². The van der Waals surface area contributed by atoms with E-state index in [2.05, 4.69) is 10.6 Å². The maximum atomic E-state index is 14.1. The molecular formula is C25H27FN4O8S2. The Morgan fingerprint density at radius 3 is 2.42 bits per heavy atom. The summed E-state index contributed by atoms with van der Waals surface area (Å²) in [5.41, 5.74) is -1.77. The van der Waals surface area contributed by atoms with Gasteiger partial charge in [-0.2, -0.15) is 4.31 Å². The van der Waals surface area contributed by atoms with E-state index in [1.807, 2.05) is 0 Å². The molecule has 2 fully saturated rings. The number of rotatable bonds is 5. The molecule has 0 radical (unpaired) electrons. The summed E-state index contributed by atoms with van der Waals surface area (Å²) in [6, 6.07) is 7.44. The third kappa shape index (κ3) is 4.87. The van der Waals surface area contributed by atoms with Crippen molar-refractivity contribution >= 4 is 43.4 Å². The summed E-state index contributed by atoms with van der Waals surface area (Å²) in [7, 11) is -7.58. The number of sulfonamides is 1. The molecule has 3 aliphatic rings. The lowest BCUT2D eigenvalue weighted by atomic mass is 9.86. The van der Waals surface area contributed by atoms with Crippen LogP contribution < -0.4 is 10.6 Å². The van der Waals surface area contributed by atoms with Gasteiger partial charge in [-0.15, -0.1) is 0 Å². The topological polar surface area (TPSA) is 159 Å². The van der Waals surface area contributed by atoms with Gasteiger partial charge in [0.2, 0.25) is 15.9 Å². The highest BCUT2D eigenvalue weighted by molar-refractivity contribution is 7.91. The van der Waals surface area contributed by atoms with Gasteiger partial charge in [0, 0.05) is 24.3 Å². The smallest absolute Gasteiger partial charge is 0.325 e. The number of morpholine rings is 1. The number of imide groups is 1. The molecule has 5 rings (SSSR count). The average Bonchev–Trinajstić information content (AvgIpc) is 3.11. The number of carbonyl (C=O) groups is 3. The molecule has 15 heteroatoms. The van der Waals surface area contributed by atoms with E-state index < -0.39 is 61.4 Å². The number of carbonyl (C=O) groups excluding carboxylic acids is 3. The number of anilines is 1. The molecule has 12 nitrogen and oxygen atoms in total. The van der Waals surface area contributed by atoms with Gasteiger partial charge in [0.25, 0.3) is 5.91 Å². The molecular weight excluding hydrogens is 567 g/mol. The second-order valence-electron chi connectivity index (χ2n) is 10.1. The Hall–Kier alpha value is -3.40. The van der Waals surface area contributed by atoms with Crippen LogP contribution in [-0.2, 0) is 39.7 Å². The second-order valence-corrected chi connectivity index (χ2v) is 14.1. The number of amides is 4. The summed E-state index contributed by atoms with van der Waals surface area (Å²) in [6.45, 7) is 3.30. The van der Waals surface area contributed by atoms with E-state index in [1.165, 1.54) is 28.6 Å². The lowest BCUT2D eigenvalue weighted by molar-refractivity contribution is -0.134. The van der Waals surface area contributed by atoms with Crippen molar-refractivity contribution in [2.75, 3.05) is 30.7 Å². The molecule has 4 amide bonds. The first-order chi connectivity index (χ1) is 18.7. The van der Waals surface area contributed by atoms with E-state index in [0.29, 0.717) is 4.90 Å². The highest BCUT2D eigenvalue weighted by Gasteiger charge is 2.56. The fraction of sp³-hybridized carbons (Fsp3) is 0.400. The van der Waals surface area contributed by atoms with Crippen molar-refractivity contribution in [3.05, 3.63) is 53.8 Å². The third-order valence-corrected chi connectivity index (χ3v) is 10.7. The quantitative estimate of drug-likeness (QED) is 0.386. The van der Waals surface area contributed by atoms with Gasteiger partial charge in [0.1, 0.15) is 17.9 Å². The zero-order valence-electron chi connectivity index (χ0n) is 21.6. The molecule has 0 aliphatic carbocycles. The summed E-state index contributed by atoms with van der Waals surface area (Å²) in [4.78, 5) is 39.3. The predicted octanol–water partition coefficient (Wildman–Crippen LogP) is 1.19. The second kappa shape index (κ2) is 9.90. The van der Waals surface area contributed by atoms with Gasteiger partial charge >= 0.3 is 6.03 Å². The molecule has 2 saturated heterocycles. The van der Waals surface area contributed by atoms with Gasteiger partial charge in [-0.1, -0.05) is 0 Å². The fourth-order valence-corrected chi connectivity index (χ4v) is 8.52. The molecule has 214 valence electrons. The first kappa shape index (κ1) is 28.1. The number of hydrogen-bond acceptors (Lipinski definition) is 8. The molecule has 3 heterocycles. The highest BCUT2D eigenvalue weighted by Crippen LogP contribution is 2.41. The normalized spacial score (nSPS) is 26.4. The number of urea groups is 1. The zero-order chi connectivity index (χ0) is 29.0. The molecule has 0 unspecified atom stereocenters. The van der Waals surface area contributed by atoms with Crippen molar-refractivity contribution in [3.63, 3.8) is 0 Å². The highest BCUT2D eigenvalue weighted by atomic mass is 32.2. The number of nitrogens with zero attached hydrogens (tertiary/aromatic N) is 2. The minimum atomic E-state index is -3.79. The van der Waals surface area contributed by atoms with Crippen LogP contribution >= 0.6 is 0 Å². The monoisotopic (exact) mass is 594 g/mol. The summed E-state index contributed by atoms with van der Waals surface area (Å²) < 4.78 is 72.1. The molecule has 3 atom stereocenters. The number of nitrogens with one attached hydrogen (secondary N) is 2. The van der Waals surface area contributed by atoms with Crippen molar-refractivity contribution in [1.82, 2.24) is 14.5 Å². The predicted molar refractivity (Wildman–Crippen MR) is 139 cm³/mol. The molecule has 3 aliphatic heterocycles. The molecule has 2 aromatic carbocycles. The van der Waals surface area contributed by atoms with Crippen LogP contribution in [0.3, 0.4) is 0 Å². The van der Waals surface area contributed by atoms with Crippen LogP contribution in [0.15, 0.2) is 52.3 Å². The van der Waals surface area contributed by atoms with Crippen molar-refractivity contribution in [2.45, 2.75) is 47.8 Å². The Morgan fingerprint density at radius 1 is 1.12 bits per heavy atom. The van der Waals surface area contributed by atoms with Gasteiger partial charge in [-0.3, -0.25) is 14.5 Å². The van der Waals surface area contributed by atoms with Gasteiger partial charge in [0.15, 0.2) is 9.84 Å². The van der Waals surface area contributed by atoms with E-state index in [-0.39, 0.29) is 52.8 Å². The van der Waals surface area contributed by atoms with E-state index in [1.54, 1.807) is 13.8 Å². The largest absolute Gasteiger partial charge is 0.373 e. The Balaban J connectivity index is 1.30. The van der Waals surface area contributed by atoms with Gasteiger partial charge in [0.05, 0.1) is 27.8 Å². The van der Waals surface area contributed by atoms with Crippen molar-refractivity contribution in [3.8, 4) is 0 Å². The first-order valence-electron chi connectivity index (χ1n) is 12.5. The lowest BCUT2D eigenvalue weighted by Crippen LogP contribution is -2.49. The number of benzene rings is 2. The molecule has 40 heavy (non-hydrogen) atoms. The lowest BCUT2D eigenvalue weighted by Gasteiger charge is -2.34. The van der Waals surface area contributed by atoms with Crippen LogP contribution in [0.4, 0.5) is 14.9 Å². The van der Waals surface area contributed by atoms with Gasteiger partial charge < -0.3 is 15.4 Å². The number of ether oxygens (including phenoxy) is 1. The number of hydrogen-bond donors (Lipinski definition) is 2.